The number of hydrogen-bond acceptors (Lipinski definition) is 7. The van der Waals surface area contributed by atoms with E-state index in [0.29, 0.717) is 18.9 Å². The standard InChI is InChI=1S/C16H26N4O3/c21-11-12(22)5-10-23-15-13-3-1-2-4-14(13)18-16(19-15)20-8-6-17-7-9-20/h12,17,21-22H,1-11H2/t12-/m1/s1. The van der Waals surface area contributed by atoms with Crippen LogP contribution in [0.5, 0.6) is 5.88 Å². The Morgan fingerprint density at radius 1 is 1.17 bits per heavy atom. The topological polar surface area (TPSA) is 90.7 Å². The second-order valence-electron chi connectivity index (χ2n) is 6.17. The third kappa shape index (κ3) is 4.10. The molecule has 23 heavy (non-hydrogen) atoms. The van der Waals surface area contributed by atoms with Crippen molar-refractivity contribution in [2.45, 2.75) is 38.2 Å². The van der Waals surface area contributed by atoms with Crippen molar-refractivity contribution in [1.82, 2.24) is 15.3 Å². The van der Waals surface area contributed by atoms with Crippen molar-refractivity contribution in [2.24, 2.45) is 0 Å². The lowest BCUT2D eigenvalue weighted by Gasteiger charge is -2.29. The van der Waals surface area contributed by atoms with Crippen LogP contribution in [0.1, 0.15) is 30.5 Å². The van der Waals surface area contributed by atoms with Gasteiger partial charge in [-0.3, -0.25) is 0 Å². The molecule has 0 unspecified atom stereocenters. The van der Waals surface area contributed by atoms with Crippen molar-refractivity contribution in [3.63, 3.8) is 0 Å². The highest BCUT2D eigenvalue weighted by Gasteiger charge is 2.22. The molecule has 2 heterocycles. The molecule has 1 aromatic rings. The summed E-state index contributed by atoms with van der Waals surface area (Å²) in [5.41, 5.74) is 2.23. The van der Waals surface area contributed by atoms with Crippen LogP contribution in [0.2, 0.25) is 0 Å². The Hall–Kier alpha value is -1.44. The van der Waals surface area contributed by atoms with E-state index in [2.05, 4.69) is 15.2 Å². The number of nitrogens with one attached hydrogen (secondary N) is 1. The zero-order chi connectivity index (χ0) is 16.1. The highest BCUT2D eigenvalue weighted by atomic mass is 16.5. The average Bonchev–Trinajstić information content (AvgIpc) is 2.62. The largest absolute Gasteiger partial charge is 0.477 e. The van der Waals surface area contributed by atoms with Crippen molar-refractivity contribution in [2.75, 3.05) is 44.3 Å². The summed E-state index contributed by atoms with van der Waals surface area (Å²) in [5.74, 6) is 1.42. The van der Waals surface area contributed by atoms with Gasteiger partial charge in [0, 0.05) is 38.2 Å². The lowest BCUT2D eigenvalue weighted by molar-refractivity contribution is 0.0746. The zero-order valence-corrected chi connectivity index (χ0v) is 13.5. The number of piperazine rings is 1. The molecular weight excluding hydrogens is 296 g/mol. The molecular formula is C16H26N4O3. The van der Waals surface area contributed by atoms with E-state index in [1.165, 1.54) is 0 Å². The molecule has 0 saturated carbocycles. The Kier molecular flexibility index (Phi) is 5.64. The molecule has 0 amide bonds. The van der Waals surface area contributed by atoms with Crippen LogP contribution in [-0.2, 0) is 12.8 Å². The minimum Gasteiger partial charge on any atom is -0.477 e. The lowest BCUT2D eigenvalue weighted by atomic mass is 9.97. The first kappa shape index (κ1) is 16.4. The minimum absolute atomic E-state index is 0.239. The van der Waals surface area contributed by atoms with E-state index in [1.807, 2.05) is 0 Å². The zero-order valence-electron chi connectivity index (χ0n) is 13.5. The highest BCUT2D eigenvalue weighted by Crippen LogP contribution is 2.29. The summed E-state index contributed by atoms with van der Waals surface area (Å²) in [7, 11) is 0. The van der Waals surface area contributed by atoms with Crippen LogP contribution in [-0.4, -0.2) is 65.7 Å². The van der Waals surface area contributed by atoms with Gasteiger partial charge in [0.05, 0.1) is 25.0 Å². The fraction of sp³-hybridized carbons (Fsp3) is 0.750. The Morgan fingerprint density at radius 3 is 2.74 bits per heavy atom. The second-order valence-corrected chi connectivity index (χ2v) is 6.17. The van der Waals surface area contributed by atoms with Crippen LogP contribution in [0, 0.1) is 0 Å². The van der Waals surface area contributed by atoms with Gasteiger partial charge in [-0.1, -0.05) is 0 Å². The van der Waals surface area contributed by atoms with Gasteiger partial charge in [-0.15, -0.1) is 0 Å². The van der Waals surface area contributed by atoms with E-state index in [1.54, 1.807) is 0 Å². The van der Waals surface area contributed by atoms with Gasteiger partial charge in [-0.25, -0.2) is 4.98 Å². The molecule has 0 radical (unpaired) electrons. The van der Waals surface area contributed by atoms with Crippen molar-refractivity contribution in [3.05, 3.63) is 11.3 Å². The summed E-state index contributed by atoms with van der Waals surface area (Å²) < 4.78 is 5.84. The maximum absolute atomic E-state index is 9.45. The van der Waals surface area contributed by atoms with Crippen LogP contribution >= 0.6 is 0 Å². The molecule has 2 aliphatic rings. The number of rotatable bonds is 6. The molecule has 1 atom stereocenters. The van der Waals surface area contributed by atoms with E-state index in [9.17, 15) is 5.11 Å². The molecule has 3 rings (SSSR count). The number of aliphatic hydroxyl groups is 2. The molecule has 7 heteroatoms. The van der Waals surface area contributed by atoms with E-state index < -0.39 is 6.10 Å². The molecule has 7 nitrogen and oxygen atoms in total. The maximum Gasteiger partial charge on any atom is 0.228 e. The number of anilines is 1. The Balaban J connectivity index is 1.77. The number of aliphatic hydroxyl groups excluding tert-OH is 2. The first-order valence-electron chi connectivity index (χ1n) is 8.55. The number of nitrogens with zero attached hydrogens (tertiary/aromatic N) is 3. The summed E-state index contributed by atoms with van der Waals surface area (Å²) in [6.07, 6.45) is 3.90. The fourth-order valence-corrected chi connectivity index (χ4v) is 3.06. The second kappa shape index (κ2) is 7.90. The number of fused-ring (bicyclic) bond motifs is 1. The number of hydrogen-bond donors (Lipinski definition) is 3. The van der Waals surface area contributed by atoms with Gasteiger partial charge in [0.15, 0.2) is 0 Å². The normalized spacial score (nSPS) is 19.3. The van der Waals surface area contributed by atoms with Crippen LogP contribution in [0.15, 0.2) is 0 Å². The Bertz CT molecular complexity index is 520. The van der Waals surface area contributed by atoms with Gasteiger partial charge >= 0.3 is 0 Å². The van der Waals surface area contributed by atoms with Crippen LogP contribution in [0.25, 0.3) is 0 Å². The van der Waals surface area contributed by atoms with Crippen molar-refractivity contribution in [1.29, 1.82) is 0 Å². The number of ether oxygens (including phenoxy) is 1. The van der Waals surface area contributed by atoms with Crippen molar-refractivity contribution >= 4 is 5.95 Å². The smallest absolute Gasteiger partial charge is 0.228 e. The molecule has 1 fully saturated rings. The van der Waals surface area contributed by atoms with Gasteiger partial charge in [-0.2, -0.15) is 4.98 Å². The highest BCUT2D eigenvalue weighted by molar-refractivity contribution is 5.42. The van der Waals surface area contributed by atoms with E-state index in [-0.39, 0.29) is 6.61 Å². The summed E-state index contributed by atoms with van der Waals surface area (Å²) in [5, 5.41) is 21.7. The van der Waals surface area contributed by atoms with Crippen molar-refractivity contribution < 1.29 is 14.9 Å². The Labute approximate surface area is 136 Å². The minimum atomic E-state index is -0.736. The fourth-order valence-electron chi connectivity index (χ4n) is 3.06. The first-order chi connectivity index (χ1) is 11.3. The molecule has 0 bridgehead atoms. The monoisotopic (exact) mass is 322 g/mol. The molecule has 1 aliphatic carbocycles. The third-order valence-corrected chi connectivity index (χ3v) is 4.43. The molecule has 1 aliphatic heterocycles. The molecule has 1 aromatic heterocycles. The van der Waals surface area contributed by atoms with Gasteiger partial charge in [0.25, 0.3) is 0 Å². The Morgan fingerprint density at radius 2 is 1.96 bits per heavy atom. The van der Waals surface area contributed by atoms with Crippen LogP contribution in [0.3, 0.4) is 0 Å². The maximum atomic E-state index is 9.45. The molecule has 0 spiro atoms. The van der Waals surface area contributed by atoms with Crippen LogP contribution < -0.4 is 15.0 Å². The number of aromatic nitrogens is 2. The van der Waals surface area contributed by atoms with E-state index in [0.717, 1.165) is 69.1 Å². The summed E-state index contributed by atoms with van der Waals surface area (Å²) >= 11 is 0. The predicted molar refractivity (Wildman–Crippen MR) is 87.0 cm³/mol. The van der Waals surface area contributed by atoms with Crippen LogP contribution in [0.4, 0.5) is 5.95 Å². The van der Waals surface area contributed by atoms with Gasteiger partial charge in [0.1, 0.15) is 0 Å². The van der Waals surface area contributed by atoms with E-state index >= 15 is 0 Å². The average molecular weight is 322 g/mol. The summed E-state index contributed by atoms with van der Waals surface area (Å²) in [6, 6.07) is 0. The summed E-state index contributed by atoms with van der Waals surface area (Å²) in [6.45, 7) is 3.81. The van der Waals surface area contributed by atoms with Crippen molar-refractivity contribution in [3.8, 4) is 5.88 Å². The van der Waals surface area contributed by atoms with Gasteiger partial charge in [0.2, 0.25) is 11.8 Å². The van der Waals surface area contributed by atoms with Gasteiger partial charge < -0.3 is 25.2 Å². The molecule has 0 aromatic carbocycles. The number of aryl methyl sites for hydroxylation is 1. The SMILES string of the molecule is OC[C@H](O)CCOc1nc(N2CCNCC2)nc2c1CCCC2. The first-order valence-corrected chi connectivity index (χ1v) is 8.55. The summed E-state index contributed by atoms with van der Waals surface area (Å²) in [4.78, 5) is 11.6. The third-order valence-electron chi connectivity index (χ3n) is 4.43. The molecule has 128 valence electrons. The quantitative estimate of drug-likeness (QED) is 0.673. The molecule has 1 saturated heterocycles. The predicted octanol–water partition coefficient (Wildman–Crippen LogP) is -0.113. The molecule has 3 N–H and O–H groups in total. The van der Waals surface area contributed by atoms with Gasteiger partial charge in [-0.05, 0) is 25.7 Å². The van der Waals surface area contributed by atoms with E-state index in [4.69, 9.17) is 14.8 Å². The lowest BCUT2D eigenvalue weighted by Crippen LogP contribution is -2.44.